The van der Waals surface area contributed by atoms with Gasteiger partial charge in [-0.3, -0.25) is 14.5 Å². The van der Waals surface area contributed by atoms with Gasteiger partial charge in [0, 0.05) is 18.3 Å². The van der Waals surface area contributed by atoms with Crippen molar-refractivity contribution >= 4 is 27.5 Å². The monoisotopic (exact) mass is 435 g/mol. The highest BCUT2D eigenvalue weighted by Gasteiger charge is 2.51. The zero-order valence-electron chi connectivity index (χ0n) is 18.4. The highest BCUT2D eigenvalue weighted by Crippen LogP contribution is 2.34. The fourth-order valence-electron chi connectivity index (χ4n) is 4.52. The largest absolute Gasteiger partial charge is 0.351 e. The number of anilines is 1. The van der Waals surface area contributed by atoms with Crippen molar-refractivity contribution < 1.29 is 18.0 Å². The molecule has 30 heavy (non-hydrogen) atoms. The number of amides is 2. The molecule has 0 aromatic heterocycles. The molecule has 1 aromatic carbocycles. The minimum Gasteiger partial charge on any atom is -0.351 e. The molecule has 1 saturated carbocycles. The van der Waals surface area contributed by atoms with Crippen LogP contribution in [0.25, 0.3) is 0 Å². The average molecular weight is 436 g/mol. The van der Waals surface area contributed by atoms with Crippen molar-refractivity contribution in [3.05, 3.63) is 29.3 Å². The lowest BCUT2D eigenvalue weighted by Gasteiger charge is -2.47. The van der Waals surface area contributed by atoms with E-state index < -0.39 is 15.6 Å². The van der Waals surface area contributed by atoms with Crippen LogP contribution in [0.4, 0.5) is 5.69 Å². The lowest BCUT2D eigenvalue weighted by atomic mass is 9.92. The molecule has 1 heterocycles. The first-order valence-electron chi connectivity index (χ1n) is 10.7. The molecule has 1 aromatic rings. The first-order valence-corrected chi connectivity index (χ1v) is 12.5. The van der Waals surface area contributed by atoms with Gasteiger partial charge in [-0.05, 0) is 50.8 Å². The van der Waals surface area contributed by atoms with Gasteiger partial charge in [-0.1, -0.05) is 37.8 Å². The maximum atomic E-state index is 13.6. The Bertz CT molecular complexity index is 922. The van der Waals surface area contributed by atoms with E-state index in [4.69, 9.17) is 0 Å². The summed E-state index contributed by atoms with van der Waals surface area (Å²) in [6, 6.07) is 5.70. The molecule has 1 aliphatic heterocycles. The fourth-order valence-corrected chi connectivity index (χ4v) is 5.35. The predicted octanol–water partition coefficient (Wildman–Crippen LogP) is 2.51. The Morgan fingerprint density at radius 2 is 1.77 bits per heavy atom. The quantitative estimate of drug-likeness (QED) is 0.736. The van der Waals surface area contributed by atoms with Gasteiger partial charge in [-0.25, -0.2) is 8.42 Å². The van der Waals surface area contributed by atoms with E-state index in [0.29, 0.717) is 5.69 Å². The van der Waals surface area contributed by atoms with Crippen LogP contribution in [0, 0.1) is 13.8 Å². The van der Waals surface area contributed by atoms with Gasteiger partial charge in [-0.15, -0.1) is 0 Å². The molecular formula is C22H33N3O4S. The van der Waals surface area contributed by atoms with Gasteiger partial charge in [0.15, 0.2) is 0 Å². The molecule has 166 valence electrons. The third kappa shape index (κ3) is 4.54. The number of hydrogen-bond donors (Lipinski definition) is 1. The van der Waals surface area contributed by atoms with Crippen LogP contribution >= 0.6 is 0 Å². The smallest absolute Gasteiger partial charge is 0.247 e. The van der Waals surface area contributed by atoms with E-state index in [9.17, 15) is 18.0 Å². The fraction of sp³-hybridized carbons (Fsp3) is 0.636. The summed E-state index contributed by atoms with van der Waals surface area (Å²) in [7, 11) is -3.62. The third-order valence-electron chi connectivity index (χ3n) is 6.50. The number of hydrogen-bond acceptors (Lipinski definition) is 4. The first kappa shape index (κ1) is 22.7. The second kappa shape index (κ2) is 8.67. The molecule has 1 aliphatic carbocycles. The van der Waals surface area contributed by atoms with E-state index in [1.807, 2.05) is 32.0 Å². The van der Waals surface area contributed by atoms with Gasteiger partial charge in [0.05, 0.1) is 12.8 Å². The number of rotatable bonds is 4. The molecule has 0 radical (unpaired) electrons. The van der Waals surface area contributed by atoms with Gasteiger partial charge in [-0.2, -0.15) is 4.31 Å². The van der Waals surface area contributed by atoms with Gasteiger partial charge >= 0.3 is 0 Å². The van der Waals surface area contributed by atoms with Crippen molar-refractivity contribution in [1.29, 1.82) is 0 Å². The highest BCUT2D eigenvalue weighted by atomic mass is 32.2. The molecule has 0 unspecified atom stereocenters. The van der Waals surface area contributed by atoms with Crippen LogP contribution in [0.5, 0.6) is 0 Å². The molecule has 1 atom stereocenters. The number of benzene rings is 1. The SMILES string of the molecule is Cc1cccc(N2C(=O)CN(S(C)(=O)=O)C[C@@]2(C)C(=O)NC2CCCCCC2)c1C. The maximum absolute atomic E-state index is 13.6. The van der Waals surface area contributed by atoms with E-state index in [-0.39, 0.29) is 30.9 Å². The van der Waals surface area contributed by atoms with Crippen LogP contribution in [0.3, 0.4) is 0 Å². The van der Waals surface area contributed by atoms with Crippen molar-refractivity contribution in [2.75, 3.05) is 24.2 Å². The Morgan fingerprint density at radius 1 is 1.13 bits per heavy atom. The van der Waals surface area contributed by atoms with Crippen LogP contribution in [0.1, 0.15) is 56.6 Å². The normalized spacial score (nSPS) is 24.5. The first-order chi connectivity index (χ1) is 14.0. The van der Waals surface area contributed by atoms with Crippen molar-refractivity contribution in [3.63, 3.8) is 0 Å². The molecule has 0 bridgehead atoms. The Morgan fingerprint density at radius 3 is 2.37 bits per heavy atom. The second-order valence-corrected chi connectivity index (χ2v) is 10.9. The predicted molar refractivity (Wildman–Crippen MR) is 118 cm³/mol. The van der Waals surface area contributed by atoms with Crippen LogP contribution in [0.2, 0.25) is 0 Å². The molecule has 8 heteroatoms. The topological polar surface area (TPSA) is 86.8 Å². The summed E-state index contributed by atoms with van der Waals surface area (Å²) >= 11 is 0. The Hall–Kier alpha value is -1.93. The van der Waals surface area contributed by atoms with Gasteiger partial charge in [0.25, 0.3) is 0 Å². The average Bonchev–Trinajstić information content (AvgIpc) is 2.92. The van der Waals surface area contributed by atoms with Gasteiger partial charge < -0.3 is 5.32 Å². The molecule has 7 nitrogen and oxygen atoms in total. The molecule has 1 saturated heterocycles. The summed E-state index contributed by atoms with van der Waals surface area (Å²) in [4.78, 5) is 28.3. The Balaban J connectivity index is 2.01. The number of aryl methyl sites for hydroxylation is 1. The molecule has 2 amide bonds. The number of sulfonamides is 1. The Kier molecular flexibility index (Phi) is 6.57. The van der Waals surface area contributed by atoms with Crippen LogP contribution in [-0.4, -0.2) is 55.5 Å². The summed E-state index contributed by atoms with van der Waals surface area (Å²) in [6.45, 7) is 5.22. The van der Waals surface area contributed by atoms with E-state index >= 15 is 0 Å². The van der Waals surface area contributed by atoms with Crippen molar-refractivity contribution in [2.45, 2.75) is 70.9 Å². The zero-order valence-corrected chi connectivity index (χ0v) is 19.2. The van der Waals surface area contributed by atoms with E-state index in [1.54, 1.807) is 6.92 Å². The summed E-state index contributed by atoms with van der Waals surface area (Å²) in [5.74, 6) is -0.684. The minimum absolute atomic E-state index is 0.0565. The lowest BCUT2D eigenvalue weighted by Crippen LogP contribution is -2.70. The van der Waals surface area contributed by atoms with Crippen molar-refractivity contribution in [2.24, 2.45) is 0 Å². The molecule has 2 aliphatic rings. The highest BCUT2D eigenvalue weighted by molar-refractivity contribution is 7.88. The number of carbonyl (C=O) groups excluding carboxylic acids is 2. The Labute approximate surface area is 179 Å². The van der Waals surface area contributed by atoms with Crippen molar-refractivity contribution in [3.8, 4) is 0 Å². The third-order valence-corrected chi connectivity index (χ3v) is 7.70. The van der Waals surface area contributed by atoms with Crippen LogP contribution < -0.4 is 10.2 Å². The standard InChI is InChI=1S/C22H33N3O4S/c1-16-10-9-13-19(17(16)2)25-20(26)14-24(30(4,28)29)15-22(25,3)21(27)23-18-11-7-5-6-8-12-18/h9-10,13,18H,5-8,11-12,14-15H2,1-4H3,(H,23,27)/t22-/m0/s1. The van der Waals surface area contributed by atoms with Gasteiger partial charge in [0.1, 0.15) is 5.54 Å². The summed E-state index contributed by atoms with van der Waals surface area (Å²) in [6.07, 6.45) is 7.37. The maximum Gasteiger partial charge on any atom is 0.247 e. The molecule has 3 rings (SSSR count). The molecule has 1 N–H and O–H groups in total. The summed E-state index contributed by atoms with van der Waals surface area (Å²) in [5.41, 5.74) is 1.25. The molecular weight excluding hydrogens is 402 g/mol. The molecule has 0 spiro atoms. The van der Waals surface area contributed by atoms with Gasteiger partial charge in [0.2, 0.25) is 21.8 Å². The van der Waals surface area contributed by atoms with E-state index in [2.05, 4.69) is 5.32 Å². The van der Waals surface area contributed by atoms with Crippen LogP contribution in [0.15, 0.2) is 18.2 Å². The number of piperazine rings is 1. The summed E-state index contributed by atoms with van der Waals surface area (Å²) in [5, 5.41) is 3.14. The minimum atomic E-state index is -3.62. The van der Waals surface area contributed by atoms with E-state index in [1.165, 1.54) is 17.7 Å². The molecule has 2 fully saturated rings. The number of nitrogens with one attached hydrogen (secondary N) is 1. The lowest BCUT2D eigenvalue weighted by molar-refractivity contribution is -0.133. The van der Waals surface area contributed by atoms with Crippen LogP contribution in [-0.2, 0) is 19.6 Å². The number of carbonyl (C=O) groups is 2. The van der Waals surface area contributed by atoms with E-state index in [0.717, 1.165) is 47.4 Å². The zero-order chi connectivity index (χ0) is 22.1. The van der Waals surface area contributed by atoms with Crippen molar-refractivity contribution in [1.82, 2.24) is 9.62 Å². The number of nitrogens with zero attached hydrogens (tertiary/aromatic N) is 2. The second-order valence-electron chi connectivity index (χ2n) is 8.92. The summed E-state index contributed by atoms with van der Waals surface area (Å²) < 4.78 is 25.6.